The van der Waals surface area contributed by atoms with Gasteiger partial charge in [-0.1, -0.05) is 28.9 Å². The Bertz CT molecular complexity index is 538. The van der Waals surface area contributed by atoms with Gasteiger partial charge in [-0.05, 0) is 30.2 Å². The molecule has 2 nitrogen and oxygen atoms in total. The summed E-state index contributed by atoms with van der Waals surface area (Å²) >= 11 is 3.36. The van der Waals surface area contributed by atoms with E-state index in [4.69, 9.17) is 10.2 Å². The van der Waals surface area contributed by atoms with Gasteiger partial charge in [0.15, 0.2) is 0 Å². The minimum atomic E-state index is -0.253. The summed E-state index contributed by atoms with van der Waals surface area (Å²) in [6.07, 6.45) is 3.13. The predicted octanol–water partition coefficient (Wildman–Crippen LogP) is 3.99. The number of benzene rings is 1. The number of aryl methyl sites for hydroxylation is 1. The second-order valence-corrected chi connectivity index (χ2v) is 5.05. The lowest BCUT2D eigenvalue weighted by atomic mass is 9.99. The van der Waals surface area contributed by atoms with Crippen LogP contribution in [0.5, 0.6) is 0 Å². The van der Waals surface area contributed by atoms with Crippen molar-refractivity contribution in [3.8, 4) is 0 Å². The topological polar surface area (TPSA) is 39.2 Å². The lowest BCUT2D eigenvalue weighted by molar-refractivity contribution is 0.505. The van der Waals surface area contributed by atoms with Crippen molar-refractivity contribution in [1.82, 2.24) is 0 Å². The fourth-order valence-electron chi connectivity index (χ4n) is 2.00. The highest BCUT2D eigenvalue weighted by atomic mass is 79.9. The summed E-state index contributed by atoms with van der Waals surface area (Å²) in [5.41, 5.74) is 8.19. The smallest absolute Gasteiger partial charge is 0.124 e. The van der Waals surface area contributed by atoms with Crippen LogP contribution in [0, 0.1) is 5.82 Å². The van der Waals surface area contributed by atoms with Crippen LogP contribution in [0.2, 0.25) is 0 Å². The van der Waals surface area contributed by atoms with Crippen LogP contribution in [0.1, 0.15) is 29.9 Å². The molecule has 0 bridgehead atoms. The highest BCUT2D eigenvalue weighted by Gasteiger charge is 2.15. The van der Waals surface area contributed by atoms with Crippen molar-refractivity contribution >= 4 is 15.9 Å². The number of furan rings is 1. The molecule has 0 saturated heterocycles. The molecule has 0 spiro atoms. The summed E-state index contributed by atoms with van der Waals surface area (Å²) in [6, 6.07) is 6.42. The highest BCUT2D eigenvalue weighted by molar-refractivity contribution is 9.10. The molecule has 0 amide bonds. The quantitative estimate of drug-likeness (QED) is 0.927. The zero-order chi connectivity index (χ0) is 13.1. The average molecular weight is 312 g/mol. The molecule has 1 heterocycles. The van der Waals surface area contributed by atoms with Gasteiger partial charge in [-0.3, -0.25) is 0 Å². The summed E-state index contributed by atoms with van der Waals surface area (Å²) in [5, 5.41) is 0. The van der Waals surface area contributed by atoms with Crippen LogP contribution >= 0.6 is 15.9 Å². The van der Waals surface area contributed by atoms with Crippen LogP contribution in [0.3, 0.4) is 0 Å². The van der Waals surface area contributed by atoms with Gasteiger partial charge in [0.2, 0.25) is 0 Å². The molecule has 1 aromatic heterocycles. The first-order valence-corrected chi connectivity index (χ1v) is 6.67. The number of halogens is 2. The zero-order valence-corrected chi connectivity index (χ0v) is 11.7. The first-order valence-electron chi connectivity index (χ1n) is 5.87. The van der Waals surface area contributed by atoms with E-state index < -0.39 is 0 Å². The predicted molar refractivity (Wildman–Crippen MR) is 72.8 cm³/mol. The van der Waals surface area contributed by atoms with E-state index in [1.54, 1.807) is 12.3 Å². The van der Waals surface area contributed by atoms with E-state index in [1.807, 2.05) is 13.0 Å². The highest BCUT2D eigenvalue weighted by Crippen LogP contribution is 2.25. The SMILES string of the molecule is CCc1occc1C(N)Cc1ccc(F)cc1Br. The molecule has 4 heteroatoms. The Balaban J connectivity index is 2.18. The van der Waals surface area contributed by atoms with Crippen molar-refractivity contribution in [3.05, 3.63) is 57.7 Å². The van der Waals surface area contributed by atoms with Crippen molar-refractivity contribution in [2.24, 2.45) is 5.73 Å². The Morgan fingerprint density at radius 1 is 1.39 bits per heavy atom. The van der Waals surface area contributed by atoms with Gasteiger partial charge in [0.05, 0.1) is 6.26 Å². The number of hydrogen-bond acceptors (Lipinski definition) is 2. The molecule has 0 aliphatic heterocycles. The van der Waals surface area contributed by atoms with E-state index in [9.17, 15) is 4.39 Å². The van der Waals surface area contributed by atoms with Crippen molar-refractivity contribution in [2.75, 3.05) is 0 Å². The molecule has 18 heavy (non-hydrogen) atoms. The van der Waals surface area contributed by atoms with Gasteiger partial charge >= 0.3 is 0 Å². The number of nitrogens with two attached hydrogens (primary N) is 1. The first-order chi connectivity index (χ1) is 8.61. The molecule has 1 unspecified atom stereocenters. The van der Waals surface area contributed by atoms with Gasteiger partial charge in [-0.25, -0.2) is 4.39 Å². The van der Waals surface area contributed by atoms with E-state index in [1.165, 1.54) is 12.1 Å². The first kappa shape index (κ1) is 13.3. The Morgan fingerprint density at radius 3 is 2.83 bits per heavy atom. The third-order valence-electron chi connectivity index (χ3n) is 2.96. The fraction of sp³-hybridized carbons (Fsp3) is 0.286. The second kappa shape index (κ2) is 5.67. The summed E-state index contributed by atoms with van der Waals surface area (Å²) in [5.74, 6) is 0.664. The summed E-state index contributed by atoms with van der Waals surface area (Å²) in [7, 11) is 0. The molecule has 2 N–H and O–H groups in total. The minimum Gasteiger partial charge on any atom is -0.469 e. The molecule has 0 aliphatic carbocycles. The van der Waals surface area contributed by atoms with Gasteiger partial charge < -0.3 is 10.2 Å². The van der Waals surface area contributed by atoms with Crippen LogP contribution in [0.25, 0.3) is 0 Å². The van der Waals surface area contributed by atoms with Gasteiger partial charge in [-0.2, -0.15) is 0 Å². The van der Waals surface area contributed by atoms with Crippen LogP contribution in [0.15, 0.2) is 39.4 Å². The molecule has 1 aromatic carbocycles. The lowest BCUT2D eigenvalue weighted by Crippen LogP contribution is -2.14. The van der Waals surface area contributed by atoms with Crippen molar-refractivity contribution in [2.45, 2.75) is 25.8 Å². The number of rotatable bonds is 4. The summed E-state index contributed by atoms with van der Waals surface area (Å²) < 4.78 is 19.1. The molecular formula is C14H15BrFNO. The van der Waals surface area contributed by atoms with Crippen LogP contribution in [0.4, 0.5) is 4.39 Å². The van der Waals surface area contributed by atoms with Crippen molar-refractivity contribution < 1.29 is 8.81 Å². The van der Waals surface area contributed by atoms with Gasteiger partial charge in [0.25, 0.3) is 0 Å². The summed E-state index contributed by atoms with van der Waals surface area (Å²) in [6.45, 7) is 2.03. The Hall–Kier alpha value is -1.13. The lowest BCUT2D eigenvalue weighted by Gasteiger charge is -2.13. The van der Waals surface area contributed by atoms with E-state index in [0.29, 0.717) is 6.42 Å². The monoisotopic (exact) mass is 311 g/mol. The van der Waals surface area contributed by atoms with Crippen LogP contribution in [-0.2, 0) is 12.8 Å². The molecule has 2 rings (SSSR count). The molecule has 96 valence electrons. The average Bonchev–Trinajstić information content (AvgIpc) is 2.81. The summed E-state index contributed by atoms with van der Waals surface area (Å²) in [4.78, 5) is 0. The third kappa shape index (κ3) is 2.82. The molecule has 2 aromatic rings. The van der Waals surface area contributed by atoms with E-state index >= 15 is 0 Å². The Labute approximate surface area is 114 Å². The number of hydrogen-bond donors (Lipinski definition) is 1. The normalized spacial score (nSPS) is 12.7. The molecule has 0 saturated carbocycles. The van der Waals surface area contributed by atoms with Crippen molar-refractivity contribution in [3.63, 3.8) is 0 Å². The third-order valence-corrected chi connectivity index (χ3v) is 3.69. The zero-order valence-electron chi connectivity index (χ0n) is 10.1. The molecule has 1 atom stereocenters. The standard InChI is InChI=1S/C14H15BrFNO/c1-2-14-11(5-6-18-14)13(17)7-9-3-4-10(16)8-12(9)15/h3-6,8,13H,2,7,17H2,1H3. The van der Waals surface area contributed by atoms with Gasteiger partial charge in [0, 0.05) is 22.5 Å². The van der Waals surface area contributed by atoms with Crippen LogP contribution in [-0.4, -0.2) is 0 Å². The maximum Gasteiger partial charge on any atom is 0.124 e. The largest absolute Gasteiger partial charge is 0.469 e. The van der Waals surface area contributed by atoms with Gasteiger partial charge in [-0.15, -0.1) is 0 Å². The Morgan fingerprint density at radius 2 is 2.17 bits per heavy atom. The van der Waals surface area contributed by atoms with E-state index in [2.05, 4.69) is 15.9 Å². The molecule has 0 aliphatic rings. The van der Waals surface area contributed by atoms with E-state index in [0.717, 1.165) is 27.8 Å². The van der Waals surface area contributed by atoms with Crippen LogP contribution < -0.4 is 5.73 Å². The maximum absolute atomic E-state index is 13.0. The van der Waals surface area contributed by atoms with Gasteiger partial charge in [0.1, 0.15) is 11.6 Å². The van der Waals surface area contributed by atoms with Crippen molar-refractivity contribution in [1.29, 1.82) is 0 Å². The molecule has 0 fully saturated rings. The fourth-order valence-corrected chi connectivity index (χ4v) is 2.52. The maximum atomic E-state index is 13.0. The van der Waals surface area contributed by atoms with E-state index in [-0.39, 0.29) is 11.9 Å². The Kier molecular flexibility index (Phi) is 4.19. The molecular weight excluding hydrogens is 297 g/mol. The molecule has 0 radical (unpaired) electrons. The second-order valence-electron chi connectivity index (χ2n) is 4.20. The minimum absolute atomic E-state index is 0.138.